The summed E-state index contributed by atoms with van der Waals surface area (Å²) in [6.07, 6.45) is 0.465. The van der Waals surface area contributed by atoms with E-state index >= 15 is 0 Å². The highest BCUT2D eigenvalue weighted by atomic mass is 16.6. The number of Topliss-reactive ketones (excluding diaryl/α,β-unsaturated/α-hetero) is 1. The van der Waals surface area contributed by atoms with E-state index in [-0.39, 0.29) is 23.6 Å². The number of nitro benzene ring substituents is 1. The number of nitrogens with zero attached hydrogens (tertiary/aromatic N) is 1. The Bertz CT molecular complexity index is 430. The summed E-state index contributed by atoms with van der Waals surface area (Å²) in [4.78, 5) is 21.3. The van der Waals surface area contributed by atoms with Crippen LogP contribution in [-0.2, 0) is 0 Å². The molecule has 0 heterocycles. The van der Waals surface area contributed by atoms with E-state index in [0.29, 0.717) is 18.8 Å². The number of aliphatic hydroxyl groups excluding tert-OH is 1. The van der Waals surface area contributed by atoms with E-state index in [1.165, 1.54) is 25.1 Å². The van der Waals surface area contributed by atoms with Gasteiger partial charge in [-0.25, -0.2) is 0 Å². The third-order valence-electron chi connectivity index (χ3n) is 2.12. The summed E-state index contributed by atoms with van der Waals surface area (Å²) in [5, 5.41) is 19.3. The molecule has 1 N–H and O–H groups in total. The highest BCUT2D eigenvalue weighted by Gasteiger charge is 2.17. The Kier molecular flexibility index (Phi) is 4.59. The van der Waals surface area contributed by atoms with Crippen molar-refractivity contribution in [3.8, 4) is 5.75 Å². The first-order chi connectivity index (χ1) is 8.06. The molecule has 1 aromatic rings. The van der Waals surface area contributed by atoms with E-state index in [0.717, 1.165) is 0 Å². The van der Waals surface area contributed by atoms with E-state index in [4.69, 9.17) is 9.84 Å². The van der Waals surface area contributed by atoms with Crippen LogP contribution in [0.2, 0.25) is 0 Å². The van der Waals surface area contributed by atoms with Crippen LogP contribution in [-0.4, -0.2) is 29.0 Å². The zero-order valence-electron chi connectivity index (χ0n) is 9.38. The molecule has 0 unspecified atom stereocenters. The second kappa shape index (κ2) is 5.95. The van der Waals surface area contributed by atoms with Gasteiger partial charge in [0.2, 0.25) is 0 Å². The Morgan fingerprint density at radius 1 is 1.53 bits per heavy atom. The number of hydrogen-bond acceptors (Lipinski definition) is 5. The highest BCUT2D eigenvalue weighted by Crippen LogP contribution is 2.24. The number of ketones is 1. The lowest BCUT2D eigenvalue weighted by Gasteiger charge is -2.06. The van der Waals surface area contributed by atoms with Crippen LogP contribution >= 0.6 is 0 Å². The van der Waals surface area contributed by atoms with E-state index < -0.39 is 4.92 Å². The molecule has 0 aliphatic carbocycles. The summed E-state index contributed by atoms with van der Waals surface area (Å²) in [5.74, 6) is -0.00134. The second-order valence-electron chi connectivity index (χ2n) is 3.42. The SMILES string of the molecule is CC(=O)c1cc(OCCCO)ccc1[N+](=O)[O-]. The normalized spacial score (nSPS) is 10.0. The van der Waals surface area contributed by atoms with Gasteiger partial charge in [0.25, 0.3) is 5.69 Å². The van der Waals surface area contributed by atoms with Crippen molar-refractivity contribution in [3.63, 3.8) is 0 Å². The van der Waals surface area contributed by atoms with Crippen LogP contribution in [0.25, 0.3) is 0 Å². The van der Waals surface area contributed by atoms with Gasteiger partial charge < -0.3 is 9.84 Å². The van der Waals surface area contributed by atoms with Crippen molar-refractivity contribution in [3.05, 3.63) is 33.9 Å². The number of ether oxygens (including phenoxy) is 1. The fourth-order valence-corrected chi connectivity index (χ4v) is 1.30. The van der Waals surface area contributed by atoms with Crippen molar-refractivity contribution in [1.82, 2.24) is 0 Å². The predicted octanol–water partition coefficient (Wildman–Crippen LogP) is 1.56. The molecule has 0 amide bonds. The van der Waals surface area contributed by atoms with Gasteiger partial charge in [-0.2, -0.15) is 0 Å². The number of carbonyl (C=O) groups excluding carboxylic acids is 1. The van der Waals surface area contributed by atoms with Crippen molar-refractivity contribution in [2.45, 2.75) is 13.3 Å². The molecule has 0 saturated heterocycles. The van der Waals surface area contributed by atoms with Crippen LogP contribution < -0.4 is 4.74 Å². The molecule has 0 radical (unpaired) electrons. The average molecular weight is 239 g/mol. The standard InChI is InChI=1S/C11H13NO5/c1-8(14)10-7-9(17-6-2-5-13)3-4-11(10)12(15)16/h3-4,7,13H,2,5-6H2,1H3. The van der Waals surface area contributed by atoms with Crippen molar-refractivity contribution in [2.75, 3.05) is 13.2 Å². The lowest BCUT2D eigenvalue weighted by Crippen LogP contribution is -2.03. The van der Waals surface area contributed by atoms with Crippen LogP contribution in [0.4, 0.5) is 5.69 Å². The third-order valence-corrected chi connectivity index (χ3v) is 2.12. The van der Waals surface area contributed by atoms with Gasteiger partial charge in [-0.15, -0.1) is 0 Å². The van der Waals surface area contributed by atoms with E-state index in [1.54, 1.807) is 0 Å². The first-order valence-corrected chi connectivity index (χ1v) is 5.09. The van der Waals surface area contributed by atoms with Gasteiger partial charge in [0.1, 0.15) is 5.75 Å². The third kappa shape index (κ3) is 3.53. The summed E-state index contributed by atoms with van der Waals surface area (Å²) in [7, 11) is 0. The Labute approximate surface area is 98.0 Å². The summed E-state index contributed by atoms with van der Waals surface area (Å²) < 4.78 is 5.24. The van der Waals surface area contributed by atoms with Crippen LogP contribution in [0.15, 0.2) is 18.2 Å². The average Bonchev–Trinajstić information content (AvgIpc) is 2.29. The minimum atomic E-state index is -0.603. The molecule has 0 spiro atoms. The molecular weight excluding hydrogens is 226 g/mol. The van der Waals surface area contributed by atoms with Crippen molar-refractivity contribution in [2.24, 2.45) is 0 Å². The van der Waals surface area contributed by atoms with E-state index in [2.05, 4.69) is 0 Å². The fraction of sp³-hybridized carbons (Fsp3) is 0.364. The molecule has 0 aliphatic heterocycles. The Hall–Kier alpha value is -1.95. The Morgan fingerprint density at radius 2 is 2.24 bits per heavy atom. The molecule has 0 bridgehead atoms. The highest BCUT2D eigenvalue weighted by molar-refractivity contribution is 5.98. The maximum Gasteiger partial charge on any atom is 0.280 e. The topological polar surface area (TPSA) is 89.7 Å². The molecular formula is C11H13NO5. The number of hydrogen-bond donors (Lipinski definition) is 1. The molecule has 0 aliphatic rings. The van der Waals surface area contributed by atoms with Crippen LogP contribution in [0.1, 0.15) is 23.7 Å². The maximum atomic E-state index is 11.3. The van der Waals surface area contributed by atoms with Gasteiger partial charge in [0.15, 0.2) is 5.78 Å². The number of benzene rings is 1. The van der Waals surface area contributed by atoms with Gasteiger partial charge in [-0.3, -0.25) is 14.9 Å². The largest absolute Gasteiger partial charge is 0.493 e. The lowest BCUT2D eigenvalue weighted by atomic mass is 10.1. The molecule has 17 heavy (non-hydrogen) atoms. The van der Waals surface area contributed by atoms with Gasteiger partial charge >= 0.3 is 0 Å². The molecule has 0 fully saturated rings. The van der Waals surface area contributed by atoms with Gasteiger partial charge in [-0.1, -0.05) is 0 Å². The van der Waals surface area contributed by atoms with Gasteiger partial charge in [-0.05, 0) is 19.1 Å². The predicted molar refractivity (Wildman–Crippen MR) is 60.3 cm³/mol. The zero-order chi connectivity index (χ0) is 12.8. The van der Waals surface area contributed by atoms with Crippen LogP contribution in [0.5, 0.6) is 5.75 Å². The summed E-state index contributed by atoms with van der Waals surface area (Å²) in [6.45, 7) is 1.57. The van der Waals surface area contributed by atoms with Crippen molar-refractivity contribution < 1.29 is 19.6 Å². The molecule has 0 aromatic heterocycles. The molecule has 0 saturated carbocycles. The minimum Gasteiger partial charge on any atom is -0.493 e. The van der Waals surface area contributed by atoms with Crippen LogP contribution in [0, 0.1) is 10.1 Å². The van der Waals surface area contributed by atoms with Crippen molar-refractivity contribution >= 4 is 11.5 Å². The lowest BCUT2D eigenvalue weighted by molar-refractivity contribution is -0.385. The number of nitro groups is 1. The summed E-state index contributed by atoms with van der Waals surface area (Å²) >= 11 is 0. The molecule has 1 rings (SSSR count). The minimum absolute atomic E-state index is 0.00649. The molecule has 1 aromatic carbocycles. The number of aliphatic hydroxyl groups is 1. The smallest absolute Gasteiger partial charge is 0.280 e. The Balaban J connectivity index is 2.94. The van der Waals surface area contributed by atoms with Gasteiger partial charge in [0, 0.05) is 19.1 Å². The molecule has 0 atom stereocenters. The number of rotatable bonds is 6. The first-order valence-electron chi connectivity index (χ1n) is 5.09. The molecule has 92 valence electrons. The maximum absolute atomic E-state index is 11.3. The van der Waals surface area contributed by atoms with E-state index in [9.17, 15) is 14.9 Å². The quantitative estimate of drug-likeness (QED) is 0.352. The monoisotopic (exact) mass is 239 g/mol. The second-order valence-corrected chi connectivity index (χ2v) is 3.42. The summed E-state index contributed by atoms with van der Waals surface area (Å²) in [5.41, 5.74) is -0.205. The fourth-order valence-electron chi connectivity index (χ4n) is 1.30. The molecule has 6 heteroatoms. The van der Waals surface area contributed by atoms with Crippen molar-refractivity contribution in [1.29, 1.82) is 0 Å². The summed E-state index contributed by atoms with van der Waals surface area (Å²) in [6, 6.07) is 4.02. The van der Waals surface area contributed by atoms with Crippen LogP contribution in [0.3, 0.4) is 0 Å². The molecule has 6 nitrogen and oxygen atoms in total. The Morgan fingerprint density at radius 3 is 2.76 bits per heavy atom. The zero-order valence-corrected chi connectivity index (χ0v) is 9.38. The first kappa shape index (κ1) is 13.1. The van der Waals surface area contributed by atoms with Gasteiger partial charge in [0.05, 0.1) is 17.1 Å². The van der Waals surface area contributed by atoms with E-state index in [1.807, 2.05) is 0 Å². The number of carbonyl (C=O) groups is 1.